The third-order valence-corrected chi connectivity index (χ3v) is 5.27. The molecule has 1 aromatic carbocycles. The minimum Gasteiger partial charge on any atom is -0.481 e. The number of hydrogen-bond acceptors (Lipinski definition) is 2. The van der Waals surface area contributed by atoms with Crippen LogP contribution in [0.15, 0.2) is 12.1 Å². The molecule has 1 aliphatic rings. The largest absolute Gasteiger partial charge is 0.481 e. The van der Waals surface area contributed by atoms with Crippen LogP contribution in [0.25, 0.3) is 0 Å². The molecule has 0 fully saturated rings. The van der Waals surface area contributed by atoms with Gasteiger partial charge in [-0.25, -0.2) is 8.78 Å². The summed E-state index contributed by atoms with van der Waals surface area (Å²) in [5.74, 6) is -2.68. The number of nitrogens with zero attached hydrogens (tertiary/aromatic N) is 2. The molecule has 0 amide bonds. The van der Waals surface area contributed by atoms with E-state index >= 15 is 0 Å². The lowest BCUT2D eigenvalue weighted by Crippen LogP contribution is -2.10. The molecule has 128 valence electrons. The molecule has 8 heteroatoms. The minimum absolute atomic E-state index is 0.0236. The van der Waals surface area contributed by atoms with Gasteiger partial charge in [0.1, 0.15) is 11.6 Å². The monoisotopic (exact) mass is 372 g/mol. The van der Waals surface area contributed by atoms with Crippen molar-refractivity contribution in [2.75, 3.05) is 0 Å². The molecular formula is C16H15ClF2N2O2S. The third kappa shape index (κ3) is 2.75. The van der Waals surface area contributed by atoms with E-state index in [4.69, 9.17) is 28.9 Å². The van der Waals surface area contributed by atoms with Gasteiger partial charge in [0.2, 0.25) is 0 Å². The van der Waals surface area contributed by atoms with Crippen molar-refractivity contribution in [2.45, 2.75) is 31.7 Å². The molecule has 0 spiro atoms. The van der Waals surface area contributed by atoms with Crippen LogP contribution in [0, 0.1) is 16.4 Å². The predicted octanol–water partition coefficient (Wildman–Crippen LogP) is 3.84. The number of halogens is 3. The van der Waals surface area contributed by atoms with E-state index in [1.54, 1.807) is 11.6 Å². The molecule has 1 aliphatic heterocycles. The standard InChI is InChI=1S/C16H15ClF2N2O2S/c1-20-11(4-5-13(22)23)12-6-8(7-21(12)16(20)24)14-10(18)3-2-9(17)15(14)19/h2-3,8H,4-7H2,1H3,(H,22,23)/t8-/m1/s1. The van der Waals surface area contributed by atoms with Crippen LogP contribution in [0.2, 0.25) is 5.02 Å². The first-order valence-corrected chi connectivity index (χ1v) is 8.22. The molecule has 0 aliphatic carbocycles. The van der Waals surface area contributed by atoms with E-state index in [9.17, 15) is 13.6 Å². The van der Waals surface area contributed by atoms with Gasteiger partial charge in [0, 0.05) is 36.5 Å². The number of aliphatic carboxylic acids is 1. The molecule has 24 heavy (non-hydrogen) atoms. The van der Waals surface area contributed by atoms with Crippen LogP contribution in [0.3, 0.4) is 0 Å². The Hall–Kier alpha value is -1.73. The van der Waals surface area contributed by atoms with Crippen LogP contribution in [0.1, 0.15) is 29.3 Å². The van der Waals surface area contributed by atoms with Crippen molar-refractivity contribution >= 4 is 29.8 Å². The molecule has 0 unspecified atom stereocenters. The molecule has 0 bridgehead atoms. The summed E-state index contributed by atoms with van der Waals surface area (Å²) in [5, 5.41) is 8.79. The Morgan fingerprint density at radius 2 is 2.17 bits per heavy atom. The van der Waals surface area contributed by atoms with E-state index in [-0.39, 0.29) is 17.0 Å². The highest BCUT2D eigenvalue weighted by atomic mass is 35.5. The van der Waals surface area contributed by atoms with Gasteiger partial charge in [-0.2, -0.15) is 0 Å². The molecular weight excluding hydrogens is 358 g/mol. The van der Waals surface area contributed by atoms with Crippen LogP contribution in [0.5, 0.6) is 0 Å². The van der Waals surface area contributed by atoms with Crippen LogP contribution >= 0.6 is 23.8 Å². The second-order valence-electron chi connectivity index (χ2n) is 5.90. The Morgan fingerprint density at radius 1 is 1.46 bits per heavy atom. The van der Waals surface area contributed by atoms with Crippen molar-refractivity contribution in [1.82, 2.24) is 9.13 Å². The number of imidazole rings is 1. The summed E-state index contributed by atoms with van der Waals surface area (Å²) in [4.78, 5) is 10.8. The van der Waals surface area contributed by atoms with Gasteiger partial charge >= 0.3 is 5.97 Å². The first kappa shape index (κ1) is 17.1. The minimum atomic E-state index is -0.901. The Balaban J connectivity index is 1.99. The first-order chi connectivity index (χ1) is 11.3. The summed E-state index contributed by atoms with van der Waals surface area (Å²) in [5.41, 5.74) is 1.60. The summed E-state index contributed by atoms with van der Waals surface area (Å²) < 4.78 is 32.5. The lowest BCUT2D eigenvalue weighted by Gasteiger charge is -2.13. The number of carbonyl (C=O) groups is 1. The van der Waals surface area contributed by atoms with Gasteiger partial charge in [0.25, 0.3) is 0 Å². The van der Waals surface area contributed by atoms with Crippen molar-refractivity contribution in [1.29, 1.82) is 0 Å². The number of rotatable bonds is 4. The van der Waals surface area contributed by atoms with Crippen molar-refractivity contribution in [2.24, 2.45) is 7.05 Å². The second-order valence-corrected chi connectivity index (χ2v) is 6.67. The van der Waals surface area contributed by atoms with Crippen molar-refractivity contribution in [3.8, 4) is 0 Å². The molecule has 4 nitrogen and oxygen atoms in total. The van der Waals surface area contributed by atoms with E-state index in [0.717, 1.165) is 17.5 Å². The molecule has 3 rings (SSSR count). The quantitative estimate of drug-likeness (QED) is 0.655. The maximum Gasteiger partial charge on any atom is 0.303 e. The summed E-state index contributed by atoms with van der Waals surface area (Å²) in [7, 11) is 1.78. The smallest absolute Gasteiger partial charge is 0.303 e. The highest BCUT2D eigenvalue weighted by Crippen LogP contribution is 2.37. The summed E-state index contributed by atoms with van der Waals surface area (Å²) in [6.45, 7) is 0.350. The van der Waals surface area contributed by atoms with Crippen LogP contribution in [0.4, 0.5) is 8.78 Å². The van der Waals surface area contributed by atoms with Gasteiger partial charge in [-0.15, -0.1) is 0 Å². The van der Waals surface area contributed by atoms with E-state index in [1.165, 1.54) is 6.07 Å². The third-order valence-electron chi connectivity index (χ3n) is 4.49. The average molecular weight is 373 g/mol. The molecule has 1 N–H and O–H groups in total. The van der Waals surface area contributed by atoms with Gasteiger partial charge < -0.3 is 14.2 Å². The van der Waals surface area contributed by atoms with Crippen molar-refractivity contribution < 1.29 is 18.7 Å². The summed E-state index contributed by atoms with van der Waals surface area (Å²) in [6, 6.07) is 2.36. The molecule has 2 aromatic rings. The van der Waals surface area contributed by atoms with E-state index < -0.39 is 23.5 Å². The van der Waals surface area contributed by atoms with Crippen molar-refractivity contribution in [3.63, 3.8) is 0 Å². The highest BCUT2D eigenvalue weighted by Gasteiger charge is 2.32. The Bertz CT molecular complexity index is 891. The number of fused-ring (bicyclic) bond motifs is 1. The maximum absolute atomic E-state index is 14.3. The number of benzene rings is 1. The van der Waals surface area contributed by atoms with Gasteiger partial charge in [-0.3, -0.25) is 4.79 Å². The van der Waals surface area contributed by atoms with Crippen molar-refractivity contribution in [3.05, 3.63) is 50.5 Å². The molecule has 1 atom stereocenters. The van der Waals surface area contributed by atoms with Gasteiger partial charge in [0.05, 0.1) is 11.4 Å². The summed E-state index contributed by atoms with van der Waals surface area (Å²) >= 11 is 11.2. The fourth-order valence-corrected chi connectivity index (χ4v) is 3.80. The zero-order chi connectivity index (χ0) is 17.6. The molecule has 0 radical (unpaired) electrons. The zero-order valence-corrected chi connectivity index (χ0v) is 14.4. The van der Waals surface area contributed by atoms with E-state index in [1.807, 2.05) is 4.57 Å². The van der Waals surface area contributed by atoms with Crippen LogP contribution in [-0.2, 0) is 31.2 Å². The Kier molecular flexibility index (Phi) is 4.48. The highest BCUT2D eigenvalue weighted by molar-refractivity contribution is 7.71. The number of hydrogen-bond donors (Lipinski definition) is 1. The molecule has 1 aromatic heterocycles. The second kappa shape index (κ2) is 6.29. The fourth-order valence-electron chi connectivity index (χ4n) is 3.34. The lowest BCUT2D eigenvalue weighted by molar-refractivity contribution is -0.136. The first-order valence-electron chi connectivity index (χ1n) is 7.43. The lowest BCUT2D eigenvalue weighted by atomic mass is 9.95. The SMILES string of the molecule is Cn1c(CCC(=O)O)c2n(c1=S)C[C@H](c1c(F)ccc(Cl)c1F)C2. The number of carboxylic acid groups (broad SMARTS) is 1. The Morgan fingerprint density at radius 3 is 2.83 bits per heavy atom. The number of aromatic nitrogens is 2. The normalized spacial score (nSPS) is 16.4. The fraction of sp³-hybridized carbons (Fsp3) is 0.375. The van der Waals surface area contributed by atoms with E-state index in [0.29, 0.717) is 24.2 Å². The van der Waals surface area contributed by atoms with E-state index in [2.05, 4.69) is 0 Å². The van der Waals surface area contributed by atoms with Crippen LogP contribution in [-0.4, -0.2) is 20.2 Å². The summed E-state index contributed by atoms with van der Waals surface area (Å²) in [6.07, 6.45) is 0.697. The van der Waals surface area contributed by atoms with Crippen LogP contribution < -0.4 is 0 Å². The maximum atomic E-state index is 14.3. The molecule has 0 saturated carbocycles. The number of carboxylic acids is 1. The van der Waals surface area contributed by atoms with Gasteiger partial charge in [-0.05, 0) is 37.2 Å². The average Bonchev–Trinajstić information content (AvgIpc) is 3.02. The zero-order valence-electron chi connectivity index (χ0n) is 12.9. The molecule has 2 heterocycles. The van der Waals surface area contributed by atoms with Gasteiger partial charge in [-0.1, -0.05) is 11.6 Å². The topological polar surface area (TPSA) is 47.2 Å². The van der Waals surface area contributed by atoms with Gasteiger partial charge in [0.15, 0.2) is 4.77 Å². The Labute approximate surface area is 147 Å². The molecule has 0 saturated heterocycles. The predicted molar refractivity (Wildman–Crippen MR) is 88.0 cm³/mol.